The van der Waals surface area contributed by atoms with E-state index in [0.29, 0.717) is 22.7 Å². The Kier molecular flexibility index (Phi) is 7.58. The average Bonchev–Trinajstić information content (AvgIpc) is 2.71. The number of amides is 1. The average molecular weight is 385 g/mol. The molecule has 150 valence electrons. The quantitative estimate of drug-likeness (QED) is 0.648. The van der Waals surface area contributed by atoms with Gasteiger partial charge in [0.2, 0.25) is 0 Å². The summed E-state index contributed by atoms with van der Waals surface area (Å²) in [5.41, 5.74) is 2.45. The molecule has 0 aliphatic rings. The van der Waals surface area contributed by atoms with Crippen LogP contribution in [0.4, 0.5) is 5.69 Å². The molecule has 1 unspecified atom stereocenters. The van der Waals surface area contributed by atoms with Gasteiger partial charge in [0, 0.05) is 17.7 Å². The number of ether oxygens (including phenoxy) is 2. The minimum Gasteiger partial charge on any atom is -0.493 e. The number of carbonyl (C=O) groups excluding carboxylic acids is 2. The molecule has 1 amide bonds. The van der Waals surface area contributed by atoms with Crippen LogP contribution in [0, 0.1) is 0 Å². The number of hydrogen-bond acceptors (Lipinski definition) is 4. The van der Waals surface area contributed by atoms with Crippen LogP contribution < -0.4 is 19.7 Å². The van der Waals surface area contributed by atoms with Crippen LogP contribution in [0.1, 0.15) is 29.8 Å². The van der Waals surface area contributed by atoms with Gasteiger partial charge in [0.1, 0.15) is 0 Å². The first-order valence-corrected chi connectivity index (χ1v) is 9.30. The minimum absolute atomic E-state index is 0.00517. The van der Waals surface area contributed by atoms with Gasteiger partial charge in [-0.2, -0.15) is 0 Å². The summed E-state index contributed by atoms with van der Waals surface area (Å²) in [7, 11) is 5.24. The lowest BCUT2D eigenvalue weighted by atomic mass is 10.1. The van der Waals surface area contributed by atoms with Crippen molar-refractivity contribution in [2.24, 2.45) is 0 Å². The van der Waals surface area contributed by atoms with Crippen molar-refractivity contribution in [1.82, 2.24) is 0 Å². The molecule has 6 heteroatoms. The smallest absolute Gasteiger partial charge is 0.282 e. The van der Waals surface area contributed by atoms with Crippen LogP contribution in [0.3, 0.4) is 0 Å². The summed E-state index contributed by atoms with van der Waals surface area (Å²) in [6, 6.07) is 12.6. The van der Waals surface area contributed by atoms with E-state index in [1.807, 2.05) is 32.2 Å². The first kappa shape index (κ1) is 21.4. The standard InChI is InChI=1S/C22H28N2O4/c1-15(22(26)23-19-9-7-18(8-10-19)16(2)25)24(3)13-12-17-6-11-20(27-4)21(14-17)28-5/h6-11,14-15H,12-13H2,1-5H3,(H,23,26)/p+1/t15-/m1/s1. The molecule has 0 heterocycles. The zero-order chi connectivity index (χ0) is 20.7. The van der Waals surface area contributed by atoms with Crippen LogP contribution in [0.2, 0.25) is 0 Å². The largest absolute Gasteiger partial charge is 0.493 e. The van der Waals surface area contributed by atoms with Gasteiger partial charge in [-0.05, 0) is 55.8 Å². The number of ketones is 1. The van der Waals surface area contributed by atoms with E-state index in [1.165, 1.54) is 6.92 Å². The van der Waals surface area contributed by atoms with Crippen molar-refractivity contribution in [3.05, 3.63) is 53.6 Å². The van der Waals surface area contributed by atoms with E-state index in [4.69, 9.17) is 9.47 Å². The van der Waals surface area contributed by atoms with Gasteiger partial charge >= 0.3 is 0 Å². The number of hydrogen-bond donors (Lipinski definition) is 2. The summed E-state index contributed by atoms with van der Waals surface area (Å²) < 4.78 is 10.6. The van der Waals surface area contributed by atoms with Gasteiger partial charge in [-0.15, -0.1) is 0 Å². The zero-order valence-corrected chi connectivity index (χ0v) is 17.2. The van der Waals surface area contributed by atoms with E-state index in [0.717, 1.165) is 23.4 Å². The Morgan fingerprint density at radius 3 is 2.25 bits per heavy atom. The van der Waals surface area contributed by atoms with Crippen LogP contribution in [-0.4, -0.2) is 45.5 Å². The fraction of sp³-hybridized carbons (Fsp3) is 0.364. The summed E-state index contributed by atoms with van der Waals surface area (Å²) in [4.78, 5) is 25.0. The van der Waals surface area contributed by atoms with Crippen molar-refractivity contribution >= 4 is 17.4 Å². The number of rotatable bonds is 9. The first-order chi connectivity index (χ1) is 13.3. The van der Waals surface area contributed by atoms with E-state index in [-0.39, 0.29) is 17.7 Å². The van der Waals surface area contributed by atoms with Crippen LogP contribution in [0.25, 0.3) is 0 Å². The fourth-order valence-corrected chi connectivity index (χ4v) is 2.86. The second kappa shape index (κ2) is 9.90. The molecule has 6 nitrogen and oxygen atoms in total. The third-order valence-electron chi connectivity index (χ3n) is 4.95. The van der Waals surface area contributed by atoms with Crippen molar-refractivity contribution in [3.63, 3.8) is 0 Å². The van der Waals surface area contributed by atoms with Gasteiger partial charge in [0.15, 0.2) is 23.3 Å². The molecule has 0 radical (unpaired) electrons. The van der Waals surface area contributed by atoms with Crippen molar-refractivity contribution in [3.8, 4) is 11.5 Å². The summed E-state index contributed by atoms with van der Waals surface area (Å²) in [5, 5.41) is 2.91. The lowest BCUT2D eigenvalue weighted by Gasteiger charge is -2.21. The van der Waals surface area contributed by atoms with E-state index >= 15 is 0 Å². The highest BCUT2D eigenvalue weighted by Gasteiger charge is 2.22. The van der Waals surface area contributed by atoms with Gasteiger partial charge in [-0.1, -0.05) is 6.07 Å². The molecule has 2 atom stereocenters. The molecule has 0 fully saturated rings. The van der Waals surface area contributed by atoms with Crippen molar-refractivity contribution < 1.29 is 24.0 Å². The topological polar surface area (TPSA) is 69.1 Å². The number of Topliss-reactive ketones (excluding diaryl/α,β-unsaturated/α-hetero) is 1. The first-order valence-electron chi connectivity index (χ1n) is 9.30. The Morgan fingerprint density at radius 1 is 1.04 bits per heavy atom. The molecular weight excluding hydrogens is 356 g/mol. The summed E-state index contributed by atoms with van der Waals surface area (Å²) in [5.74, 6) is 1.36. The molecular formula is C22H29N2O4+. The van der Waals surface area contributed by atoms with Gasteiger partial charge < -0.3 is 19.7 Å². The molecule has 0 bridgehead atoms. The molecule has 0 saturated heterocycles. The maximum Gasteiger partial charge on any atom is 0.282 e. The lowest BCUT2D eigenvalue weighted by molar-refractivity contribution is -0.893. The number of benzene rings is 2. The number of anilines is 1. The molecule has 0 saturated carbocycles. The Balaban J connectivity index is 1.91. The van der Waals surface area contributed by atoms with Gasteiger partial charge in [0.05, 0.1) is 27.8 Å². The Bertz CT molecular complexity index is 818. The molecule has 2 aromatic rings. The van der Waals surface area contributed by atoms with Crippen molar-refractivity contribution in [1.29, 1.82) is 0 Å². The van der Waals surface area contributed by atoms with Crippen molar-refractivity contribution in [2.75, 3.05) is 33.1 Å². The second-order valence-corrected chi connectivity index (χ2v) is 6.88. The van der Waals surface area contributed by atoms with Crippen molar-refractivity contribution in [2.45, 2.75) is 26.3 Å². The molecule has 2 N–H and O–H groups in total. The summed E-state index contributed by atoms with van der Waals surface area (Å²) in [6.07, 6.45) is 0.817. The van der Waals surface area contributed by atoms with Crippen LogP contribution in [0.15, 0.2) is 42.5 Å². The van der Waals surface area contributed by atoms with Crippen LogP contribution in [0.5, 0.6) is 11.5 Å². The second-order valence-electron chi connectivity index (χ2n) is 6.88. The summed E-state index contributed by atoms with van der Waals surface area (Å²) >= 11 is 0. The third-order valence-corrected chi connectivity index (χ3v) is 4.95. The van der Waals surface area contributed by atoms with E-state index in [9.17, 15) is 9.59 Å². The van der Waals surface area contributed by atoms with Crippen LogP contribution in [-0.2, 0) is 11.2 Å². The number of quaternary nitrogens is 1. The van der Waals surface area contributed by atoms with E-state index in [2.05, 4.69) is 5.32 Å². The molecule has 0 aliphatic heterocycles. The molecule has 2 aromatic carbocycles. The summed E-state index contributed by atoms with van der Waals surface area (Å²) in [6.45, 7) is 4.23. The lowest BCUT2D eigenvalue weighted by Crippen LogP contribution is -3.14. The molecule has 0 spiro atoms. The van der Waals surface area contributed by atoms with E-state index in [1.54, 1.807) is 38.5 Å². The number of likely N-dealkylation sites (N-methyl/N-ethyl adjacent to an activating group) is 1. The predicted molar refractivity (Wildman–Crippen MR) is 110 cm³/mol. The number of methoxy groups -OCH3 is 2. The molecule has 2 rings (SSSR count). The Morgan fingerprint density at radius 2 is 1.68 bits per heavy atom. The van der Waals surface area contributed by atoms with Crippen LogP contribution >= 0.6 is 0 Å². The van der Waals surface area contributed by atoms with Gasteiger partial charge in [-0.3, -0.25) is 9.59 Å². The molecule has 0 aromatic heterocycles. The monoisotopic (exact) mass is 385 g/mol. The number of carbonyl (C=O) groups is 2. The number of nitrogens with one attached hydrogen (secondary N) is 2. The Hall–Kier alpha value is -2.86. The highest BCUT2D eigenvalue weighted by atomic mass is 16.5. The highest BCUT2D eigenvalue weighted by molar-refractivity contribution is 5.96. The minimum atomic E-state index is -0.215. The maximum absolute atomic E-state index is 12.5. The zero-order valence-electron chi connectivity index (χ0n) is 17.2. The SMILES string of the molecule is COc1ccc(CC[NH+](C)[C@H](C)C(=O)Nc2ccc(C(C)=O)cc2)cc1OC. The highest BCUT2D eigenvalue weighted by Crippen LogP contribution is 2.27. The van der Waals surface area contributed by atoms with E-state index < -0.39 is 0 Å². The molecule has 28 heavy (non-hydrogen) atoms. The van der Waals surface area contributed by atoms with Gasteiger partial charge in [-0.25, -0.2) is 0 Å². The maximum atomic E-state index is 12.5. The van der Waals surface area contributed by atoms with Gasteiger partial charge in [0.25, 0.3) is 5.91 Å². The molecule has 0 aliphatic carbocycles. The Labute approximate surface area is 166 Å². The predicted octanol–water partition coefficient (Wildman–Crippen LogP) is 1.99. The fourth-order valence-electron chi connectivity index (χ4n) is 2.86. The third kappa shape index (κ3) is 5.57. The normalized spacial score (nSPS) is 12.8.